The van der Waals surface area contributed by atoms with Crippen molar-refractivity contribution < 1.29 is 14.3 Å². The van der Waals surface area contributed by atoms with E-state index in [0.29, 0.717) is 16.1 Å². The highest BCUT2D eigenvalue weighted by Crippen LogP contribution is 2.25. The van der Waals surface area contributed by atoms with Gasteiger partial charge in [-0.2, -0.15) is 0 Å². The monoisotopic (exact) mass is 290 g/mol. The maximum Gasteiger partial charge on any atom is 0.337 e. The van der Waals surface area contributed by atoms with Crippen molar-refractivity contribution in [2.45, 2.75) is 0 Å². The van der Waals surface area contributed by atoms with Crippen molar-refractivity contribution in [3.63, 3.8) is 0 Å². The van der Waals surface area contributed by atoms with Gasteiger partial charge in [0, 0.05) is 5.02 Å². The molecule has 1 heterocycles. The number of para-hydroxylation sites is 1. The third-order valence-corrected chi connectivity index (χ3v) is 3.20. The maximum absolute atomic E-state index is 13.9. The number of carboxylic acids is 1. The number of fused-ring (bicyclic) bond motifs is 1. The fourth-order valence-corrected chi connectivity index (χ4v) is 2.26. The van der Waals surface area contributed by atoms with E-state index in [4.69, 9.17) is 11.6 Å². The van der Waals surface area contributed by atoms with Gasteiger partial charge in [0.15, 0.2) is 0 Å². The minimum absolute atomic E-state index is 0.0550. The lowest BCUT2D eigenvalue weighted by Crippen LogP contribution is -2.03. The highest BCUT2D eigenvalue weighted by atomic mass is 35.5. The van der Waals surface area contributed by atoms with Crippen molar-refractivity contribution in [3.8, 4) is 5.69 Å². The van der Waals surface area contributed by atoms with Crippen LogP contribution in [0.25, 0.3) is 16.7 Å². The van der Waals surface area contributed by atoms with Gasteiger partial charge in [-0.1, -0.05) is 17.7 Å². The van der Waals surface area contributed by atoms with Crippen molar-refractivity contribution in [1.82, 2.24) is 9.55 Å². The molecule has 0 aliphatic heterocycles. The third-order valence-electron chi connectivity index (χ3n) is 2.97. The van der Waals surface area contributed by atoms with E-state index in [1.54, 1.807) is 12.1 Å². The van der Waals surface area contributed by atoms with Gasteiger partial charge < -0.3 is 5.11 Å². The Morgan fingerprint density at radius 3 is 2.85 bits per heavy atom. The number of benzene rings is 2. The van der Waals surface area contributed by atoms with E-state index in [1.165, 1.54) is 35.2 Å². The molecule has 0 amide bonds. The molecule has 4 nitrogen and oxygen atoms in total. The number of carboxylic acid groups (broad SMARTS) is 1. The zero-order valence-electron chi connectivity index (χ0n) is 10.0. The maximum atomic E-state index is 13.9. The SMILES string of the molecule is O=C(O)c1cccc2ncn(-c3cc(Cl)ccc3F)c12. The summed E-state index contributed by atoms with van der Waals surface area (Å²) in [6.07, 6.45) is 1.38. The molecule has 2 aromatic carbocycles. The van der Waals surface area contributed by atoms with E-state index >= 15 is 0 Å². The second-order valence-electron chi connectivity index (χ2n) is 4.19. The Morgan fingerprint density at radius 1 is 1.30 bits per heavy atom. The van der Waals surface area contributed by atoms with Crippen LogP contribution < -0.4 is 0 Å². The molecule has 100 valence electrons. The highest BCUT2D eigenvalue weighted by Gasteiger charge is 2.16. The zero-order valence-corrected chi connectivity index (χ0v) is 10.8. The number of nitrogens with zero attached hydrogens (tertiary/aromatic N) is 2. The van der Waals surface area contributed by atoms with Gasteiger partial charge in [-0.05, 0) is 30.3 Å². The first-order valence-electron chi connectivity index (χ1n) is 5.72. The lowest BCUT2D eigenvalue weighted by atomic mass is 10.1. The number of imidazole rings is 1. The van der Waals surface area contributed by atoms with Crippen LogP contribution in [0.5, 0.6) is 0 Å². The fourth-order valence-electron chi connectivity index (χ4n) is 2.09. The average Bonchev–Trinajstić information content (AvgIpc) is 2.85. The number of carbonyl (C=O) groups is 1. The summed E-state index contributed by atoms with van der Waals surface area (Å²) >= 11 is 5.87. The Hall–Kier alpha value is -2.40. The van der Waals surface area contributed by atoms with Crippen LogP contribution in [0.3, 0.4) is 0 Å². The lowest BCUT2D eigenvalue weighted by molar-refractivity contribution is 0.0698. The Balaban J connectivity index is 2.37. The molecule has 0 saturated heterocycles. The molecule has 0 bridgehead atoms. The lowest BCUT2D eigenvalue weighted by Gasteiger charge is -2.08. The summed E-state index contributed by atoms with van der Waals surface area (Å²) < 4.78 is 15.3. The molecule has 0 aliphatic rings. The summed E-state index contributed by atoms with van der Waals surface area (Å²) in [4.78, 5) is 15.4. The third kappa shape index (κ3) is 1.92. The molecular weight excluding hydrogens is 283 g/mol. The molecule has 0 atom stereocenters. The molecule has 1 aromatic heterocycles. The normalized spacial score (nSPS) is 10.9. The number of aromatic nitrogens is 2. The highest BCUT2D eigenvalue weighted by molar-refractivity contribution is 6.30. The van der Waals surface area contributed by atoms with Gasteiger partial charge in [0.2, 0.25) is 0 Å². The number of rotatable bonds is 2. The molecule has 3 aromatic rings. The Labute approximate surface area is 118 Å². The predicted octanol–water partition coefficient (Wildman–Crippen LogP) is 3.52. The first-order chi connectivity index (χ1) is 9.58. The second kappa shape index (κ2) is 4.61. The summed E-state index contributed by atoms with van der Waals surface area (Å²) in [7, 11) is 0. The summed E-state index contributed by atoms with van der Waals surface area (Å²) in [5.74, 6) is -1.60. The smallest absolute Gasteiger partial charge is 0.337 e. The van der Waals surface area contributed by atoms with E-state index < -0.39 is 11.8 Å². The van der Waals surface area contributed by atoms with Crippen LogP contribution in [0.2, 0.25) is 5.02 Å². The second-order valence-corrected chi connectivity index (χ2v) is 4.63. The number of hydrogen-bond acceptors (Lipinski definition) is 2. The summed E-state index contributed by atoms with van der Waals surface area (Å²) in [5, 5.41) is 9.59. The summed E-state index contributed by atoms with van der Waals surface area (Å²) in [5.41, 5.74) is 1.03. The Morgan fingerprint density at radius 2 is 2.10 bits per heavy atom. The van der Waals surface area contributed by atoms with Crippen molar-refractivity contribution in [2.24, 2.45) is 0 Å². The van der Waals surface area contributed by atoms with Crippen molar-refractivity contribution in [1.29, 1.82) is 0 Å². The topological polar surface area (TPSA) is 55.1 Å². The van der Waals surface area contributed by atoms with Crippen LogP contribution in [-0.2, 0) is 0 Å². The zero-order chi connectivity index (χ0) is 14.3. The van der Waals surface area contributed by atoms with Crippen LogP contribution in [0.4, 0.5) is 4.39 Å². The van der Waals surface area contributed by atoms with E-state index in [1.807, 2.05) is 0 Å². The summed E-state index contributed by atoms with van der Waals surface area (Å²) in [6.45, 7) is 0. The van der Waals surface area contributed by atoms with Crippen LogP contribution >= 0.6 is 11.6 Å². The molecule has 20 heavy (non-hydrogen) atoms. The van der Waals surface area contributed by atoms with E-state index in [9.17, 15) is 14.3 Å². The molecule has 0 unspecified atom stereocenters. The average molecular weight is 291 g/mol. The molecular formula is C14H8ClFN2O2. The Bertz CT molecular complexity index is 829. The first kappa shape index (κ1) is 12.6. The van der Waals surface area contributed by atoms with E-state index in [-0.39, 0.29) is 11.3 Å². The van der Waals surface area contributed by atoms with Crippen LogP contribution in [0.15, 0.2) is 42.7 Å². The van der Waals surface area contributed by atoms with Crippen LogP contribution in [-0.4, -0.2) is 20.6 Å². The van der Waals surface area contributed by atoms with Crippen molar-refractivity contribution in [3.05, 3.63) is 59.1 Å². The van der Waals surface area contributed by atoms with Crippen LogP contribution in [0.1, 0.15) is 10.4 Å². The minimum atomic E-state index is -1.10. The molecule has 6 heteroatoms. The number of halogens is 2. The summed E-state index contributed by atoms with van der Waals surface area (Å²) in [6, 6.07) is 8.80. The van der Waals surface area contributed by atoms with Crippen molar-refractivity contribution in [2.75, 3.05) is 0 Å². The largest absolute Gasteiger partial charge is 0.478 e. The molecule has 1 N–H and O–H groups in total. The van der Waals surface area contributed by atoms with E-state index in [0.717, 1.165) is 0 Å². The van der Waals surface area contributed by atoms with Gasteiger partial charge in [-0.25, -0.2) is 14.2 Å². The van der Waals surface area contributed by atoms with Gasteiger partial charge >= 0.3 is 5.97 Å². The molecule has 0 radical (unpaired) electrons. The molecule has 0 saturated carbocycles. The first-order valence-corrected chi connectivity index (χ1v) is 6.10. The molecule has 0 fully saturated rings. The van der Waals surface area contributed by atoms with Gasteiger partial charge in [0.25, 0.3) is 0 Å². The predicted molar refractivity (Wildman–Crippen MR) is 73.0 cm³/mol. The molecule has 0 spiro atoms. The quantitative estimate of drug-likeness (QED) is 0.785. The van der Waals surface area contributed by atoms with Gasteiger partial charge in [-0.15, -0.1) is 0 Å². The number of hydrogen-bond donors (Lipinski definition) is 1. The molecule has 3 rings (SSSR count). The molecule has 0 aliphatic carbocycles. The van der Waals surface area contributed by atoms with Gasteiger partial charge in [-0.3, -0.25) is 4.57 Å². The standard InChI is InChI=1S/C14H8ClFN2O2/c15-8-4-5-10(16)12(6-8)18-7-17-11-3-1-2-9(13(11)18)14(19)20/h1-7H,(H,19,20). The number of aromatic carboxylic acids is 1. The van der Waals surface area contributed by atoms with Gasteiger partial charge in [0.1, 0.15) is 12.1 Å². The van der Waals surface area contributed by atoms with Crippen molar-refractivity contribution >= 4 is 28.6 Å². The van der Waals surface area contributed by atoms with E-state index in [2.05, 4.69) is 4.98 Å². The minimum Gasteiger partial charge on any atom is -0.478 e. The fraction of sp³-hybridized carbons (Fsp3) is 0. The van der Waals surface area contributed by atoms with Crippen LogP contribution in [0, 0.1) is 5.82 Å². The van der Waals surface area contributed by atoms with Gasteiger partial charge in [0.05, 0.1) is 22.3 Å². The Kier molecular flexibility index (Phi) is 2.91.